The molecule has 0 amide bonds. The zero-order valence-electron chi connectivity index (χ0n) is 27.6. The number of aryl methyl sites for hydroxylation is 4. The fourth-order valence-electron chi connectivity index (χ4n) is 8.17. The monoisotopic (exact) mass is 584 g/mol. The van der Waals surface area contributed by atoms with Gasteiger partial charge in [0.15, 0.2) is 0 Å². The standard InChI is InChI=1S/C35H43Si.3CH3.Ti/c1-11-30-19-31(12-2)21-32(20-30)36(33-17-13-15-23(3)27(33)7,34-18-14-16-24(4)28(34)8)35(10)22-25(5)26(6)29(35)9;;;;/h13-21H,11-12H2,1-10H3;3*1H3;. The van der Waals surface area contributed by atoms with E-state index in [0.29, 0.717) is 0 Å². The van der Waals surface area contributed by atoms with Gasteiger partial charge in [-0.25, -0.2) is 0 Å². The first-order chi connectivity index (χ1) is 18.7. The van der Waals surface area contributed by atoms with E-state index in [0.717, 1.165) is 12.8 Å². The Hall–Kier alpha value is -1.93. The van der Waals surface area contributed by atoms with Crippen molar-refractivity contribution >= 4 is 23.6 Å². The average molecular weight is 585 g/mol. The van der Waals surface area contributed by atoms with Crippen LogP contribution in [0.5, 0.6) is 0 Å². The summed E-state index contributed by atoms with van der Waals surface area (Å²) in [5.74, 6) is 0. The van der Waals surface area contributed by atoms with Crippen molar-refractivity contribution in [1.29, 1.82) is 0 Å². The van der Waals surface area contributed by atoms with Crippen molar-refractivity contribution in [2.75, 3.05) is 0 Å². The van der Waals surface area contributed by atoms with E-state index in [1.54, 1.807) is 26.7 Å². The van der Waals surface area contributed by atoms with Gasteiger partial charge >= 0.3 is 252 Å². The Bertz CT molecular complexity index is 1450. The second kappa shape index (κ2) is 11.0. The van der Waals surface area contributed by atoms with Gasteiger partial charge in [0.1, 0.15) is 0 Å². The molecule has 0 nitrogen and oxygen atoms in total. The summed E-state index contributed by atoms with van der Waals surface area (Å²) in [5.41, 5.74) is 13.4. The van der Waals surface area contributed by atoms with E-state index in [1.165, 1.54) is 39.0 Å². The molecular formula is C38H52SiTi. The van der Waals surface area contributed by atoms with E-state index in [2.05, 4.69) is 140 Å². The molecule has 2 heteroatoms. The minimum absolute atomic E-state index is 0.0477. The van der Waals surface area contributed by atoms with Gasteiger partial charge in [-0.2, -0.15) is 0 Å². The van der Waals surface area contributed by atoms with Gasteiger partial charge < -0.3 is 0 Å². The average Bonchev–Trinajstić information content (AvgIpc) is 3.09. The maximum atomic E-state index is 2.69. The van der Waals surface area contributed by atoms with Crippen LogP contribution in [0, 0.1) is 27.7 Å². The van der Waals surface area contributed by atoms with Gasteiger partial charge in [-0.1, -0.05) is 0 Å². The molecule has 1 atom stereocenters. The predicted octanol–water partition coefficient (Wildman–Crippen LogP) is 9.20. The van der Waals surface area contributed by atoms with Crippen LogP contribution in [0.15, 0.2) is 75.2 Å². The van der Waals surface area contributed by atoms with Crippen LogP contribution in [0.25, 0.3) is 0 Å². The van der Waals surface area contributed by atoms with E-state index in [-0.39, 0.29) is 5.04 Å². The number of benzene rings is 3. The van der Waals surface area contributed by atoms with Crippen molar-refractivity contribution in [3.63, 3.8) is 0 Å². The van der Waals surface area contributed by atoms with Gasteiger partial charge in [-0.15, -0.1) is 0 Å². The molecule has 0 N–H and O–H groups in total. The molecule has 0 aromatic heterocycles. The normalized spacial score (nSPS) is 18.2. The zero-order valence-corrected chi connectivity index (χ0v) is 30.2. The van der Waals surface area contributed by atoms with E-state index >= 15 is 0 Å². The van der Waals surface area contributed by atoms with Crippen LogP contribution in [0.1, 0.15) is 74.9 Å². The zero-order chi connectivity index (χ0) is 29.8. The number of hydrogen-bond acceptors (Lipinski definition) is 0. The van der Waals surface area contributed by atoms with Gasteiger partial charge in [-0.05, 0) is 0 Å². The number of allylic oxidation sites excluding steroid dienone is 4. The van der Waals surface area contributed by atoms with Crippen molar-refractivity contribution in [3.8, 4) is 0 Å². The minimum atomic E-state index is -2.75. The maximum absolute atomic E-state index is 2.75. The molecule has 0 bridgehead atoms. The van der Waals surface area contributed by atoms with Crippen LogP contribution in [-0.2, 0) is 29.4 Å². The Balaban J connectivity index is 2.43. The Kier molecular flexibility index (Phi) is 8.57. The molecule has 0 saturated carbocycles. The Morgan fingerprint density at radius 1 is 0.650 bits per heavy atom. The Morgan fingerprint density at radius 3 is 1.50 bits per heavy atom. The molecule has 3 aromatic carbocycles. The summed E-state index contributed by atoms with van der Waals surface area (Å²) in [5, 5.41) is 12.7. The van der Waals surface area contributed by atoms with Crippen LogP contribution in [0.2, 0.25) is 20.7 Å². The molecule has 0 saturated heterocycles. The van der Waals surface area contributed by atoms with E-state index in [4.69, 9.17) is 0 Å². The summed E-state index contributed by atoms with van der Waals surface area (Å²) in [6.45, 7) is 24.1. The van der Waals surface area contributed by atoms with Crippen molar-refractivity contribution < 1.29 is 16.6 Å². The third-order valence-electron chi connectivity index (χ3n) is 10.6. The summed E-state index contributed by atoms with van der Waals surface area (Å²) in [7, 11) is -2.75. The van der Waals surface area contributed by atoms with Crippen molar-refractivity contribution in [2.24, 2.45) is 0 Å². The van der Waals surface area contributed by atoms with Gasteiger partial charge in [-0.3, -0.25) is 0 Å². The fraction of sp³-hybridized carbons (Fsp3) is 0.421. The van der Waals surface area contributed by atoms with E-state index in [1.807, 2.05) is 3.88 Å². The molecule has 1 aliphatic rings. The summed E-state index contributed by atoms with van der Waals surface area (Å²) < 4.78 is 1.82. The predicted molar refractivity (Wildman–Crippen MR) is 179 cm³/mol. The third kappa shape index (κ3) is 4.52. The molecular weight excluding hydrogens is 532 g/mol. The van der Waals surface area contributed by atoms with Crippen molar-refractivity contribution in [3.05, 3.63) is 109 Å². The molecule has 3 aromatic rings. The van der Waals surface area contributed by atoms with Gasteiger partial charge in [0.25, 0.3) is 0 Å². The van der Waals surface area contributed by atoms with Gasteiger partial charge in [0.05, 0.1) is 0 Å². The SMILES string of the molecule is CCc1cc(CC)cc([Si](c2cccc(C)c2C)(c2cccc(C)c2C)C2(C)C(C)=C(C)C(C)=[C]2[Ti]([CH3])([CH3])[CH3])c1. The first-order valence-corrected chi connectivity index (χ1v) is 22.8. The van der Waals surface area contributed by atoms with Gasteiger partial charge in [0, 0.05) is 0 Å². The van der Waals surface area contributed by atoms with Crippen LogP contribution >= 0.6 is 0 Å². The molecule has 40 heavy (non-hydrogen) atoms. The first-order valence-electron chi connectivity index (χ1n) is 15.3. The molecule has 0 radical (unpaired) electrons. The van der Waals surface area contributed by atoms with E-state index in [9.17, 15) is 0 Å². The molecule has 0 spiro atoms. The quantitative estimate of drug-likeness (QED) is 0.192. The van der Waals surface area contributed by atoms with Crippen LogP contribution in [-0.4, -0.2) is 8.07 Å². The van der Waals surface area contributed by atoms with Crippen molar-refractivity contribution in [2.45, 2.75) is 103 Å². The summed E-state index contributed by atoms with van der Waals surface area (Å²) in [4.78, 5) is 0. The third-order valence-corrected chi connectivity index (χ3v) is 20.6. The number of rotatable bonds is 7. The summed E-state index contributed by atoms with van der Waals surface area (Å²) in [6, 6.07) is 22.1. The molecule has 4 rings (SSSR count). The number of hydrogen-bond donors (Lipinski definition) is 0. The molecule has 212 valence electrons. The second-order valence-electron chi connectivity index (χ2n) is 13.6. The van der Waals surface area contributed by atoms with Crippen LogP contribution in [0.3, 0.4) is 0 Å². The molecule has 0 heterocycles. The first kappa shape index (κ1) is 31.0. The Labute approximate surface area is 250 Å². The molecule has 1 unspecified atom stereocenters. The topological polar surface area (TPSA) is 0 Å². The van der Waals surface area contributed by atoms with E-state index < -0.39 is 24.7 Å². The summed E-state index contributed by atoms with van der Waals surface area (Å²) in [6.07, 6.45) is 2.13. The summed E-state index contributed by atoms with van der Waals surface area (Å²) >= 11 is -2.37. The second-order valence-corrected chi connectivity index (χ2v) is 25.6. The van der Waals surface area contributed by atoms with Crippen LogP contribution in [0.4, 0.5) is 0 Å². The molecule has 0 fully saturated rings. The van der Waals surface area contributed by atoms with Gasteiger partial charge in [0.2, 0.25) is 0 Å². The fourth-order valence-corrected chi connectivity index (χ4v) is 22.2. The Morgan fingerprint density at radius 2 is 1.10 bits per heavy atom. The molecule has 1 aliphatic carbocycles. The van der Waals surface area contributed by atoms with Crippen LogP contribution < -0.4 is 15.6 Å². The van der Waals surface area contributed by atoms with Crippen molar-refractivity contribution in [1.82, 2.24) is 0 Å². The molecule has 0 aliphatic heterocycles.